The van der Waals surface area contributed by atoms with E-state index in [0.717, 1.165) is 24.7 Å². The third kappa shape index (κ3) is 3.39. The number of aryl methyl sites for hydroxylation is 1. The van der Waals surface area contributed by atoms with Crippen molar-refractivity contribution in [3.05, 3.63) is 35.4 Å². The standard InChI is InChI=1S/C18H29N/c1-4-6-15-7-5-8-17(13-15)18(19)11-9-16(10-12-18)14(2)3/h5,7-8,13-14,16H,4,6,9-12,19H2,1-3H3. The summed E-state index contributed by atoms with van der Waals surface area (Å²) in [6, 6.07) is 8.99. The Labute approximate surface area is 118 Å². The van der Waals surface area contributed by atoms with Crippen molar-refractivity contribution in [3.8, 4) is 0 Å². The first-order valence-corrected chi connectivity index (χ1v) is 7.93. The van der Waals surface area contributed by atoms with Crippen LogP contribution in [0.2, 0.25) is 0 Å². The van der Waals surface area contributed by atoms with E-state index >= 15 is 0 Å². The van der Waals surface area contributed by atoms with Crippen molar-refractivity contribution in [3.63, 3.8) is 0 Å². The molecule has 2 N–H and O–H groups in total. The minimum absolute atomic E-state index is 0.0743. The first kappa shape index (κ1) is 14.6. The first-order valence-electron chi connectivity index (χ1n) is 7.93. The summed E-state index contributed by atoms with van der Waals surface area (Å²) >= 11 is 0. The van der Waals surface area contributed by atoms with Gasteiger partial charge in [-0.2, -0.15) is 0 Å². The summed E-state index contributed by atoms with van der Waals surface area (Å²) in [5.74, 6) is 1.67. The van der Waals surface area contributed by atoms with Crippen LogP contribution in [-0.4, -0.2) is 0 Å². The van der Waals surface area contributed by atoms with E-state index in [1.807, 2.05) is 0 Å². The quantitative estimate of drug-likeness (QED) is 0.837. The predicted octanol–water partition coefficient (Wildman–Crippen LogP) is 4.64. The molecule has 1 aliphatic rings. The number of hydrogen-bond acceptors (Lipinski definition) is 1. The van der Waals surface area contributed by atoms with E-state index in [1.165, 1.54) is 36.8 Å². The molecule has 1 fully saturated rings. The molecule has 1 aromatic rings. The Morgan fingerprint density at radius 3 is 2.53 bits per heavy atom. The van der Waals surface area contributed by atoms with E-state index in [2.05, 4.69) is 45.0 Å². The van der Waals surface area contributed by atoms with E-state index in [0.29, 0.717) is 0 Å². The second-order valence-electron chi connectivity index (χ2n) is 6.69. The molecular weight excluding hydrogens is 230 g/mol. The molecule has 106 valence electrons. The molecule has 1 heteroatoms. The second-order valence-corrected chi connectivity index (χ2v) is 6.69. The van der Waals surface area contributed by atoms with E-state index in [-0.39, 0.29) is 5.54 Å². The van der Waals surface area contributed by atoms with Crippen molar-refractivity contribution in [1.82, 2.24) is 0 Å². The van der Waals surface area contributed by atoms with Crippen LogP contribution in [0.4, 0.5) is 0 Å². The summed E-state index contributed by atoms with van der Waals surface area (Å²) in [7, 11) is 0. The summed E-state index contributed by atoms with van der Waals surface area (Å²) < 4.78 is 0. The van der Waals surface area contributed by atoms with Crippen molar-refractivity contribution in [2.24, 2.45) is 17.6 Å². The normalized spacial score (nSPS) is 27.7. The highest BCUT2D eigenvalue weighted by Crippen LogP contribution is 2.40. The molecule has 0 bridgehead atoms. The molecule has 1 aromatic carbocycles. The summed E-state index contributed by atoms with van der Waals surface area (Å²) in [5, 5.41) is 0. The zero-order valence-electron chi connectivity index (χ0n) is 12.8. The average Bonchev–Trinajstić information content (AvgIpc) is 2.40. The van der Waals surface area contributed by atoms with Gasteiger partial charge in [-0.05, 0) is 55.1 Å². The van der Waals surface area contributed by atoms with Gasteiger partial charge in [0.1, 0.15) is 0 Å². The lowest BCUT2D eigenvalue weighted by Gasteiger charge is -2.39. The molecule has 0 heterocycles. The fourth-order valence-corrected chi connectivity index (χ4v) is 3.44. The SMILES string of the molecule is CCCc1cccc(C2(N)CCC(C(C)C)CC2)c1. The molecule has 1 nitrogen and oxygen atoms in total. The fourth-order valence-electron chi connectivity index (χ4n) is 3.44. The Bertz CT molecular complexity index is 400. The molecule has 2 rings (SSSR count). The molecule has 0 spiro atoms. The van der Waals surface area contributed by atoms with E-state index in [1.54, 1.807) is 0 Å². The van der Waals surface area contributed by atoms with Crippen LogP contribution in [0.3, 0.4) is 0 Å². The Morgan fingerprint density at radius 2 is 1.95 bits per heavy atom. The molecular formula is C18H29N. The van der Waals surface area contributed by atoms with Gasteiger partial charge < -0.3 is 5.73 Å². The Balaban J connectivity index is 2.10. The van der Waals surface area contributed by atoms with Crippen LogP contribution in [0.25, 0.3) is 0 Å². The summed E-state index contributed by atoms with van der Waals surface area (Å²) in [6.45, 7) is 6.92. The highest BCUT2D eigenvalue weighted by Gasteiger charge is 2.34. The van der Waals surface area contributed by atoms with Gasteiger partial charge in [0, 0.05) is 5.54 Å². The summed E-state index contributed by atoms with van der Waals surface area (Å²) in [6.07, 6.45) is 7.23. The van der Waals surface area contributed by atoms with Gasteiger partial charge in [0.2, 0.25) is 0 Å². The number of hydrogen-bond donors (Lipinski definition) is 1. The van der Waals surface area contributed by atoms with Gasteiger partial charge in [-0.25, -0.2) is 0 Å². The Kier molecular flexibility index (Phi) is 4.67. The smallest absolute Gasteiger partial charge is 0.0409 e. The van der Waals surface area contributed by atoms with Gasteiger partial charge >= 0.3 is 0 Å². The van der Waals surface area contributed by atoms with Crippen LogP contribution < -0.4 is 5.73 Å². The molecule has 0 radical (unpaired) electrons. The number of rotatable bonds is 4. The maximum absolute atomic E-state index is 6.71. The third-order valence-electron chi connectivity index (χ3n) is 4.91. The molecule has 0 atom stereocenters. The molecule has 0 aromatic heterocycles. The number of nitrogens with two attached hydrogens (primary N) is 1. The largest absolute Gasteiger partial charge is 0.321 e. The lowest BCUT2D eigenvalue weighted by atomic mass is 9.70. The van der Waals surface area contributed by atoms with Crippen LogP contribution in [0.15, 0.2) is 24.3 Å². The van der Waals surface area contributed by atoms with Crippen molar-refractivity contribution in [2.45, 2.75) is 64.8 Å². The fraction of sp³-hybridized carbons (Fsp3) is 0.667. The monoisotopic (exact) mass is 259 g/mol. The van der Waals surface area contributed by atoms with Crippen LogP contribution in [0.5, 0.6) is 0 Å². The van der Waals surface area contributed by atoms with Crippen LogP contribution in [-0.2, 0) is 12.0 Å². The molecule has 0 unspecified atom stereocenters. The maximum atomic E-state index is 6.71. The van der Waals surface area contributed by atoms with Crippen molar-refractivity contribution >= 4 is 0 Å². The molecule has 19 heavy (non-hydrogen) atoms. The highest BCUT2D eigenvalue weighted by molar-refractivity contribution is 5.30. The summed E-state index contributed by atoms with van der Waals surface area (Å²) in [4.78, 5) is 0. The highest BCUT2D eigenvalue weighted by atomic mass is 14.7. The lowest BCUT2D eigenvalue weighted by Crippen LogP contribution is -2.41. The molecule has 0 aliphatic heterocycles. The lowest BCUT2D eigenvalue weighted by molar-refractivity contribution is 0.196. The van der Waals surface area contributed by atoms with E-state index in [9.17, 15) is 0 Å². The zero-order valence-corrected chi connectivity index (χ0v) is 12.8. The zero-order chi connectivity index (χ0) is 13.9. The third-order valence-corrected chi connectivity index (χ3v) is 4.91. The van der Waals surface area contributed by atoms with E-state index < -0.39 is 0 Å². The topological polar surface area (TPSA) is 26.0 Å². The van der Waals surface area contributed by atoms with Gasteiger partial charge in [0.15, 0.2) is 0 Å². The van der Waals surface area contributed by atoms with Crippen LogP contribution in [0, 0.1) is 11.8 Å². The second kappa shape index (κ2) is 6.09. The molecule has 1 aliphatic carbocycles. The van der Waals surface area contributed by atoms with Gasteiger partial charge in [-0.15, -0.1) is 0 Å². The van der Waals surface area contributed by atoms with Gasteiger partial charge in [-0.1, -0.05) is 51.5 Å². The van der Waals surface area contributed by atoms with Gasteiger partial charge in [-0.3, -0.25) is 0 Å². The van der Waals surface area contributed by atoms with Gasteiger partial charge in [0.05, 0.1) is 0 Å². The minimum atomic E-state index is -0.0743. The average molecular weight is 259 g/mol. The van der Waals surface area contributed by atoms with Crippen LogP contribution in [0.1, 0.15) is 64.0 Å². The van der Waals surface area contributed by atoms with Crippen molar-refractivity contribution in [1.29, 1.82) is 0 Å². The van der Waals surface area contributed by atoms with Crippen molar-refractivity contribution < 1.29 is 0 Å². The molecule has 1 saturated carbocycles. The first-order chi connectivity index (χ1) is 9.05. The number of benzene rings is 1. The molecule has 0 amide bonds. The van der Waals surface area contributed by atoms with Gasteiger partial charge in [0.25, 0.3) is 0 Å². The van der Waals surface area contributed by atoms with Crippen molar-refractivity contribution in [2.75, 3.05) is 0 Å². The summed E-state index contributed by atoms with van der Waals surface area (Å²) in [5.41, 5.74) is 9.44. The van der Waals surface area contributed by atoms with Crippen LogP contribution >= 0.6 is 0 Å². The maximum Gasteiger partial charge on any atom is 0.0409 e. The minimum Gasteiger partial charge on any atom is -0.321 e. The Hall–Kier alpha value is -0.820. The molecule has 0 saturated heterocycles. The Morgan fingerprint density at radius 1 is 1.26 bits per heavy atom. The van der Waals surface area contributed by atoms with E-state index in [4.69, 9.17) is 5.73 Å². The predicted molar refractivity (Wildman–Crippen MR) is 83.1 cm³/mol.